The lowest BCUT2D eigenvalue weighted by Crippen LogP contribution is -2.13. The molecule has 1 aromatic carbocycles. The molecule has 18 heavy (non-hydrogen) atoms. The largest absolute Gasteiger partial charge is 0.284 e. The third-order valence-electron chi connectivity index (χ3n) is 2.13. The highest BCUT2D eigenvalue weighted by molar-refractivity contribution is 9.10. The number of anilines is 1. The van der Waals surface area contributed by atoms with Gasteiger partial charge in [-0.25, -0.2) is 8.42 Å². The van der Waals surface area contributed by atoms with Crippen LogP contribution in [0.3, 0.4) is 0 Å². The predicted octanol–water partition coefficient (Wildman–Crippen LogP) is 1.84. The fourth-order valence-corrected chi connectivity index (χ4v) is 2.63. The van der Waals surface area contributed by atoms with Crippen LogP contribution in [0.4, 0.5) is 5.69 Å². The van der Waals surface area contributed by atoms with E-state index in [0.29, 0.717) is 4.47 Å². The molecular formula is C10H7BrN4O2S. The number of nitriles is 1. The summed E-state index contributed by atoms with van der Waals surface area (Å²) in [5, 5.41) is 14.9. The number of hydrogen-bond acceptors (Lipinski definition) is 4. The number of benzene rings is 1. The molecule has 2 rings (SSSR count). The maximum absolute atomic E-state index is 11.9. The minimum atomic E-state index is -3.73. The Balaban J connectivity index is 2.39. The predicted molar refractivity (Wildman–Crippen MR) is 68.3 cm³/mol. The lowest BCUT2D eigenvalue weighted by atomic mass is 10.2. The van der Waals surface area contributed by atoms with Crippen LogP contribution in [0.5, 0.6) is 0 Å². The van der Waals surface area contributed by atoms with Crippen molar-refractivity contribution in [3.05, 3.63) is 40.6 Å². The van der Waals surface area contributed by atoms with Crippen molar-refractivity contribution in [2.24, 2.45) is 0 Å². The minimum Gasteiger partial charge on any atom is -0.284 e. The molecule has 92 valence electrons. The molecular weight excluding hydrogens is 320 g/mol. The minimum absolute atomic E-state index is 0.00862. The van der Waals surface area contributed by atoms with E-state index in [0.717, 1.165) is 0 Å². The van der Waals surface area contributed by atoms with E-state index >= 15 is 0 Å². The zero-order valence-corrected chi connectivity index (χ0v) is 11.3. The Kier molecular flexibility index (Phi) is 3.36. The van der Waals surface area contributed by atoms with Crippen LogP contribution in [0.2, 0.25) is 0 Å². The normalized spacial score (nSPS) is 10.9. The Morgan fingerprint density at radius 3 is 2.83 bits per heavy atom. The first-order valence-electron chi connectivity index (χ1n) is 4.74. The maximum atomic E-state index is 11.9. The van der Waals surface area contributed by atoms with Gasteiger partial charge in [0.2, 0.25) is 0 Å². The van der Waals surface area contributed by atoms with Crippen LogP contribution in [0.25, 0.3) is 0 Å². The second-order valence-corrected chi connectivity index (χ2v) is 5.94. The second kappa shape index (κ2) is 4.80. The van der Waals surface area contributed by atoms with Crippen LogP contribution >= 0.6 is 15.9 Å². The van der Waals surface area contributed by atoms with Gasteiger partial charge >= 0.3 is 0 Å². The molecule has 0 amide bonds. The molecule has 0 saturated heterocycles. The molecule has 0 saturated carbocycles. The molecule has 0 aliphatic carbocycles. The van der Waals surface area contributed by atoms with E-state index in [2.05, 4.69) is 30.8 Å². The zero-order chi connectivity index (χ0) is 13.2. The van der Waals surface area contributed by atoms with Gasteiger partial charge in [0.15, 0.2) is 0 Å². The Labute approximate surface area is 112 Å². The number of nitrogens with zero attached hydrogens (tertiary/aromatic N) is 2. The van der Waals surface area contributed by atoms with E-state index in [1.54, 1.807) is 6.07 Å². The van der Waals surface area contributed by atoms with E-state index in [4.69, 9.17) is 5.26 Å². The van der Waals surface area contributed by atoms with Gasteiger partial charge in [-0.15, -0.1) is 0 Å². The average molecular weight is 327 g/mol. The van der Waals surface area contributed by atoms with Crippen LogP contribution in [0.15, 0.2) is 40.0 Å². The lowest BCUT2D eigenvalue weighted by Gasteiger charge is -2.07. The van der Waals surface area contributed by atoms with Gasteiger partial charge in [0, 0.05) is 10.7 Å². The summed E-state index contributed by atoms with van der Waals surface area (Å²) in [4.78, 5) is 0.00862. The highest BCUT2D eigenvalue weighted by Gasteiger charge is 2.17. The van der Waals surface area contributed by atoms with Gasteiger partial charge in [-0.05, 0) is 18.2 Å². The smallest absolute Gasteiger partial charge is 0.265 e. The molecule has 0 aliphatic heterocycles. The monoisotopic (exact) mass is 326 g/mol. The summed E-state index contributed by atoms with van der Waals surface area (Å²) in [5.74, 6) is 0. The molecule has 0 fully saturated rings. The van der Waals surface area contributed by atoms with E-state index in [9.17, 15) is 8.42 Å². The highest BCUT2D eigenvalue weighted by Crippen LogP contribution is 2.22. The first-order chi connectivity index (χ1) is 8.53. The standard InChI is InChI=1S/C10H7BrN4O2S/c11-8-1-2-10(7(3-8)4-12)15-18(16,17)9-5-13-14-6-9/h1-3,5-6,15H,(H,13,14). The maximum Gasteiger partial charge on any atom is 0.265 e. The molecule has 2 aromatic rings. The SMILES string of the molecule is N#Cc1cc(Br)ccc1NS(=O)(=O)c1cn[nH]c1. The second-order valence-electron chi connectivity index (χ2n) is 3.34. The zero-order valence-electron chi connectivity index (χ0n) is 8.88. The van der Waals surface area contributed by atoms with Crippen molar-refractivity contribution < 1.29 is 8.42 Å². The van der Waals surface area contributed by atoms with Gasteiger partial charge in [-0.3, -0.25) is 9.82 Å². The van der Waals surface area contributed by atoms with Crippen molar-refractivity contribution in [3.8, 4) is 6.07 Å². The van der Waals surface area contributed by atoms with Crippen molar-refractivity contribution in [1.82, 2.24) is 10.2 Å². The van der Waals surface area contributed by atoms with Crippen molar-refractivity contribution in [1.29, 1.82) is 5.26 Å². The summed E-state index contributed by atoms with van der Waals surface area (Å²) in [5.41, 5.74) is 0.457. The first kappa shape index (κ1) is 12.6. The van der Waals surface area contributed by atoms with Gasteiger partial charge < -0.3 is 0 Å². The molecule has 0 radical (unpaired) electrons. The molecule has 1 heterocycles. The Hall–Kier alpha value is -1.85. The van der Waals surface area contributed by atoms with Gasteiger partial charge in [0.05, 0.1) is 17.4 Å². The topological polar surface area (TPSA) is 98.6 Å². The summed E-state index contributed by atoms with van der Waals surface area (Å²) >= 11 is 3.21. The quantitative estimate of drug-likeness (QED) is 0.898. The van der Waals surface area contributed by atoms with Crippen LogP contribution < -0.4 is 4.72 Å². The van der Waals surface area contributed by atoms with E-state index in [-0.39, 0.29) is 16.1 Å². The van der Waals surface area contributed by atoms with Gasteiger partial charge in [0.1, 0.15) is 11.0 Å². The summed E-state index contributed by atoms with van der Waals surface area (Å²) in [6, 6.07) is 6.62. The summed E-state index contributed by atoms with van der Waals surface area (Å²) in [7, 11) is -3.73. The van der Waals surface area contributed by atoms with Crippen LogP contribution in [0, 0.1) is 11.3 Å². The molecule has 0 aliphatic rings. The third-order valence-corrected chi connectivity index (χ3v) is 3.96. The van der Waals surface area contributed by atoms with E-state index in [1.165, 1.54) is 24.5 Å². The molecule has 0 spiro atoms. The third kappa shape index (κ3) is 2.52. The van der Waals surface area contributed by atoms with Gasteiger partial charge in [-0.1, -0.05) is 15.9 Å². The number of aromatic amines is 1. The Bertz CT molecular complexity index is 704. The number of sulfonamides is 1. The van der Waals surface area contributed by atoms with Crippen LogP contribution in [-0.4, -0.2) is 18.6 Å². The number of nitrogens with one attached hydrogen (secondary N) is 2. The lowest BCUT2D eigenvalue weighted by molar-refractivity contribution is 0.601. The summed E-state index contributed by atoms with van der Waals surface area (Å²) in [6.07, 6.45) is 2.44. The average Bonchev–Trinajstić information content (AvgIpc) is 2.85. The van der Waals surface area contributed by atoms with Crippen molar-refractivity contribution in [2.75, 3.05) is 4.72 Å². The Morgan fingerprint density at radius 2 is 2.22 bits per heavy atom. The molecule has 2 N–H and O–H groups in total. The molecule has 1 aromatic heterocycles. The number of rotatable bonds is 3. The molecule has 0 bridgehead atoms. The highest BCUT2D eigenvalue weighted by atomic mass is 79.9. The summed E-state index contributed by atoms with van der Waals surface area (Å²) in [6.45, 7) is 0. The van der Waals surface area contributed by atoms with Crippen LogP contribution in [0.1, 0.15) is 5.56 Å². The van der Waals surface area contributed by atoms with Gasteiger partial charge in [-0.2, -0.15) is 10.4 Å². The number of hydrogen-bond donors (Lipinski definition) is 2. The van der Waals surface area contributed by atoms with E-state index < -0.39 is 10.0 Å². The fourth-order valence-electron chi connectivity index (χ4n) is 1.29. The van der Waals surface area contributed by atoms with Crippen molar-refractivity contribution in [3.63, 3.8) is 0 Å². The number of halogens is 1. The van der Waals surface area contributed by atoms with Gasteiger partial charge in [0.25, 0.3) is 10.0 Å². The van der Waals surface area contributed by atoms with Crippen molar-refractivity contribution in [2.45, 2.75) is 4.90 Å². The number of H-pyrrole nitrogens is 1. The molecule has 0 unspecified atom stereocenters. The first-order valence-corrected chi connectivity index (χ1v) is 7.02. The van der Waals surface area contributed by atoms with E-state index in [1.807, 2.05) is 6.07 Å². The Morgan fingerprint density at radius 1 is 1.44 bits per heavy atom. The number of aromatic nitrogens is 2. The molecule has 8 heteroatoms. The van der Waals surface area contributed by atoms with Crippen LogP contribution in [-0.2, 0) is 10.0 Å². The molecule has 6 nitrogen and oxygen atoms in total. The fraction of sp³-hybridized carbons (Fsp3) is 0. The van der Waals surface area contributed by atoms with Crippen molar-refractivity contribution >= 4 is 31.6 Å². The summed E-state index contributed by atoms with van der Waals surface area (Å²) < 4.78 is 26.9. The molecule has 0 atom stereocenters.